The van der Waals surface area contributed by atoms with Gasteiger partial charge in [0.2, 0.25) is 82.7 Å². The largest absolute Gasteiger partial charge is 0.481 e. The number of nitrogens with two attached hydrogens (primary N) is 4. The van der Waals surface area contributed by atoms with Crippen molar-refractivity contribution in [3.63, 3.8) is 0 Å². The molecule has 0 bridgehead atoms. The highest BCUT2D eigenvalue weighted by atomic mass is 16.5. The molecule has 12 atom stereocenters. The van der Waals surface area contributed by atoms with Gasteiger partial charge < -0.3 is 111 Å². The number of aromatic nitrogens is 1. The van der Waals surface area contributed by atoms with Crippen LogP contribution in [0.3, 0.4) is 0 Å². The number of nitrogens with one attached hydrogen (secondary N) is 12. The molecular weight excluding hydrogens is 1420 g/mol. The molecule has 0 saturated carbocycles. The van der Waals surface area contributed by atoms with Crippen molar-refractivity contribution in [1.82, 2.24) is 68.4 Å². The Labute approximate surface area is 631 Å². The second-order valence-corrected chi connectivity index (χ2v) is 28.0. The molecule has 0 unspecified atom stereocenters. The van der Waals surface area contributed by atoms with Gasteiger partial charge >= 0.3 is 11.9 Å². The smallest absolute Gasteiger partial charge is 0.329 e. The summed E-state index contributed by atoms with van der Waals surface area (Å²) in [6, 6.07) is -3.55. The zero-order valence-corrected chi connectivity index (χ0v) is 62.6. The number of aliphatic hydroxyl groups is 2. The van der Waals surface area contributed by atoms with Gasteiger partial charge in [0.1, 0.15) is 72.6 Å². The number of carboxylic acids is 1. The molecule has 1 saturated heterocycles. The van der Waals surface area contributed by atoms with E-state index in [1.165, 1.54) is 7.05 Å². The van der Waals surface area contributed by atoms with E-state index in [-0.39, 0.29) is 76.3 Å². The predicted octanol–water partition coefficient (Wildman–Crippen LogP) is -4.33. The first-order valence-corrected chi connectivity index (χ1v) is 36.4. The van der Waals surface area contributed by atoms with Crippen LogP contribution < -0.4 is 81.4 Å². The molecular formula is C72H109N17O20. The molecule has 0 radical (unpaired) electrons. The molecule has 1 fully saturated rings. The van der Waals surface area contributed by atoms with E-state index < -0.39 is 225 Å². The number of amides is 14. The van der Waals surface area contributed by atoms with E-state index in [4.69, 9.17) is 27.7 Å². The number of H-pyrrole nitrogens is 1. The van der Waals surface area contributed by atoms with Crippen LogP contribution in [0.25, 0.3) is 10.9 Å². The molecule has 1 aliphatic rings. The van der Waals surface area contributed by atoms with E-state index in [1.807, 2.05) is 13.8 Å². The number of hydrogen-bond acceptors (Lipinski definition) is 21. The number of nitrogens with zero attached hydrogens (tertiary/aromatic N) is 1. The molecule has 37 heteroatoms. The number of primary amides is 2. The van der Waals surface area contributed by atoms with E-state index in [9.17, 15) is 92.0 Å². The Morgan fingerprint density at radius 3 is 1.51 bits per heavy atom. The number of ether oxygens (including phenoxy) is 1. The number of para-hydroxylation sites is 1. The molecule has 37 nitrogen and oxygen atoms in total. The number of carboxylic acid groups (broad SMARTS) is 1. The van der Waals surface area contributed by atoms with Gasteiger partial charge in [-0.2, -0.15) is 0 Å². The number of carbonyl (C=O) groups is 16. The molecule has 2 aromatic carbocycles. The molecule has 602 valence electrons. The van der Waals surface area contributed by atoms with Gasteiger partial charge in [-0.15, -0.1) is 0 Å². The van der Waals surface area contributed by atoms with E-state index in [0.717, 1.165) is 4.90 Å². The number of cyclic esters (lactones) is 1. The van der Waals surface area contributed by atoms with Crippen LogP contribution >= 0.6 is 0 Å². The zero-order chi connectivity index (χ0) is 81.2. The predicted molar refractivity (Wildman–Crippen MR) is 394 cm³/mol. The number of carbonyl (C=O) groups excluding carboxylic acids is 15. The maximum absolute atomic E-state index is 14.9. The quantitative estimate of drug-likeness (QED) is 0.0338. The number of aliphatic hydroxyl groups excluding tert-OH is 2. The lowest BCUT2D eigenvalue weighted by Crippen LogP contribution is -2.61. The molecule has 0 spiro atoms. The molecule has 4 rings (SSSR count). The fourth-order valence-corrected chi connectivity index (χ4v) is 11.8. The minimum atomic E-state index is -1.96. The summed E-state index contributed by atoms with van der Waals surface area (Å²) in [6.07, 6.45) is -3.55. The molecule has 23 N–H and O–H groups in total. The molecule has 1 aliphatic heterocycles. The Morgan fingerprint density at radius 2 is 0.991 bits per heavy atom. The number of benzene rings is 2. The monoisotopic (exact) mass is 1530 g/mol. The number of rotatable bonds is 26. The highest BCUT2D eigenvalue weighted by Crippen LogP contribution is 2.22. The van der Waals surface area contributed by atoms with Crippen molar-refractivity contribution in [2.24, 2.45) is 40.7 Å². The third kappa shape index (κ3) is 30.9. The lowest BCUT2D eigenvalue weighted by atomic mass is 9.99. The number of likely N-dealkylation sites (N-methyl/N-ethyl adjacent to an activating group) is 1. The summed E-state index contributed by atoms with van der Waals surface area (Å²) in [7, 11) is 1.21. The Kier molecular flexibility index (Phi) is 38.2. The van der Waals surface area contributed by atoms with E-state index in [2.05, 4.69) is 63.5 Å². The molecule has 109 heavy (non-hydrogen) atoms. The first kappa shape index (κ1) is 90.7. The Balaban J connectivity index is 1.89. The Hall–Kier alpha value is -10.7. The zero-order valence-electron chi connectivity index (χ0n) is 62.6. The van der Waals surface area contributed by atoms with Crippen molar-refractivity contribution >= 4 is 106 Å². The number of aromatic amines is 1. The number of esters is 1. The number of aliphatic carboxylic acids is 1. The van der Waals surface area contributed by atoms with Gasteiger partial charge in [0, 0.05) is 43.4 Å². The second-order valence-electron chi connectivity index (χ2n) is 28.0. The minimum absolute atomic E-state index is 0.0127. The summed E-state index contributed by atoms with van der Waals surface area (Å²) in [5, 5.41) is 58.1. The minimum Gasteiger partial charge on any atom is -0.481 e. The topological polar surface area (TPSA) is 598 Å². The van der Waals surface area contributed by atoms with E-state index >= 15 is 0 Å². The summed E-state index contributed by atoms with van der Waals surface area (Å²) >= 11 is 0. The summed E-state index contributed by atoms with van der Waals surface area (Å²) in [5.74, 6) is -18.8. The van der Waals surface area contributed by atoms with Gasteiger partial charge in [-0.05, 0) is 99.4 Å². The molecule has 0 aliphatic carbocycles. The Morgan fingerprint density at radius 1 is 0.523 bits per heavy atom. The van der Waals surface area contributed by atoms with Crippen molar-refractivity contribution in [2.75, 3.05) is 39.9 Å². The average Bonchev–Trinajstić information content (AvgIpc) is 1.73. The van der Waals surface area contributed by atoms with Crippen LogP contribution in [0, 0.1) is 17.8 Å². The molecule has 3 aromatic rings. The van der Waals surface area contributed by atoms with Crippen molar-refractivity contribution in [3.8, 4) is 0 Å². The number of fused-ring (bicyclic) bond motifs is 1. The average molecular weight is 1530 g/mol. The first-order chi connectivity index (χ1) is 51.6. The summed E-state index contributed by atoms with van der Waals surface area (Å²) in [5.41, 5.74) is 24.5. The van der Waals surface area contributed by atoms with E-state index in [0.29, 0.717) is 34.9 Å². The fourth-order valence-electron chi connectivity index (χ4n) is 11.8. The highest BCUT2D eigenvalue weighted by molar-refractivity contribution is 6.01. The van der Waals surface area contributed by atoms with Gasteiger partial charge in [-0.25, -0.2) is 4.79 Å². The Bertz CT molecular complexity index is 3630. The van der Waals surface area contributed by atoms with Crippen LogP contribution in [-0.2, 0) is 94.3 Å². The lowest BCUT2D eigenvalue weighted by molar-refractivity contribution is -0.156. The maximum Gasteiger partial charge on any atom is 0.329 e. The SMILES string of the molecule is CC(C)CCC[C@@H]1CC(=O)N[C@@H](CO)C(=O)N[C@H](CC(N)=O)C(=O)N[C@@H](CO)C(=O)NCC(=O)N(C)[C@H](Cc2ccccc2)C(=O)N[C@@H](CC(C)C)C(=O)N[C@H](CCCN)C(=O)N[C@@H](CCC(=O)O)C(=O)N[C@H](CC(N)=O)C(=O)N[C@H](Cc2c[nH]c3ccccc23)C(=O)N[C@H](CCCN)C(=O)N[C@@H](C(C)C)C(=O)O1. The van der Waals surface area contributed by atoms with Gasteiger partial charge in [0.25, 0.3) is 0 Å². The van der Waals surface area contributed by atoms with Gasteiger partial charge in [-0.1, -0.05) is 96.5 Å². The van der Waals surface area contributed by atoms with Crippen molar-refractivity contribution in [2.45, 2.75) is 210 Å². The van der Waals surface area contributed by atoms with Crippen LogP contribution in [0.4, 0.5) is 0 Å². The summed E-state index contributed by atoms with van der Waals surface area (Å²) in [6.45, 7) is 7.17. The van der Waals surface area contributed by atoms with Crippen LogP contribution in [0.2, 0.25) is 0 Å². The van der Waals surface area contributed by atoms with Gasteiger partial charge in [-0.3, -0.25) is 71.9 Å². The second kappa shape index (κ2) is 45.9. The van der Waals surface area contributed by atoms with Crippen LogP contribution in [0.15, 0.2) is 60.8 Å². The normalized spacial score (nSPS) is 24.1. The van der Waals surface area contributed by atoms with Crippen LogP contribution in [-0.4, -0.2) is 232 Å². The first-order valence-electron chi connectivity index (χ1n) is 36.4. The van der Waals surface area contributed by atoms with Crippen molar-refractivity contribution in [3.05, 3.63) is 71.9 Å². The van der Waals surface area contributed by atoms with Gasteiger partial charge in [0.05, 0.1) is 39.0 Å². The summed E-state index contributed by atoms with van der Waals surface area (Å²) < 4.78 is 5.94. The fraction of sp³-hybridized carbons (Fsp3) is 0.583. The van der Waals surface area contributed by atoms with Crippen molar-refractivity contribution in [1.29, 1.82) is 0 Å². The lowest BCUT2D eigenvalue weighted by Gasteiger charge is -2.31. The van der Waals surface area contributed by atoms with Gasteiger partial charge in [0.15, 0.2) is 0 Å². The highest BCUT2D eigenvalue weighted by Gasteiger charge is 2.39. The van der Waals surface area contributed by atoms with Crippen LogP contribution in [0.5, 0.6) is 0 Å². The number of hydrogen-bond donors (Lipinski definition) is 19. The van der Waals surface area contributed by atoms with Crippen LogP contribution in [0.1, 0.15) is 136 Å². The third-order valence-electron chi connectivity index (χ3n) is 17.8. The van der Waals surface area contributed by atoms with Crippen molar-refractivity contribution < 1.29 is 96.8 Å². The molecule has 2 heterocycles. The van der Waals surface area contributed by atoms with E-state index in [1.54, 1.807) is 88.5 Å². The standard InChI is InChI=1S/C72H109N17O20/c1-38(2)16-13-19-43-31-58(94)79-54(37-91)70(106)85-52(33-57(76)93)69(105)87-53(36-90)62(98)78-35-59(95)89(7)55(29-41-17-9-8-10-18-41)71(107)86-49(28-39(3)4)66(102)80-46(22-14-26-73)63(99)82-48(24-25-60(96)97)64(100)84-51(32-56(75)92)68(104)83-50(30-42-34-77-45-21-12-11-20-44(42)45)67(103)81-47(23-15-27-74)65(101)88-61(40(5)6)72(108)109-43/h8-12,17-18,20-21,34,38-40,43,46-55,61,77,90-91H,13-16,19,22-33,35-37,73-74H2,1-7H3,(H2,75,92)(H2,76,93)(H,78,98)(H,79,94)(H,80,102)(H,81,103)(H,82,99)(H,83,104)(H,84,100)(H,85,106)(H,86,107)(H,87,105)(H,88,101)(H,96,97)/t43-,46-,47-,48+,49+,50-,51-,52-,53+,54+,55-,61+/m1/s1. The third-order valence-corrected chi connectivity index (χ3v) is 17.8. The summed E-state index contributed by atoms with van der Waals surface area (Å²) in [4.78, 5) is 228. The molecule has 1 aromatic heterocycles. The molecule has 14 amide bonds. The maximum atomic E-state index is 14.9.